The molecule has 112 valence electrons. The highest BCUT2D eigenvalue weighted by Gasteiger charge is 2.24. The van der Waals surface area contributed by atoms with Crippen LogP contribution in [0, 0.1) is 20.8 Å². The molecule has 2 rings (SSSR count). The molecule has 0 aromatic heterocycles. The smallest absolute Gasteiger partial charge is 0.241 e. The van der Waals surface area contributed by atoms with Crippen LogP contribution in [-0.2, 0) is 14.8 Å². The highest BCUT2D eigenvalue weighted by atomic mass is 79.9. The van der Waals surface area contributed by atoms with Crippen LogP contribution in [0.2, 0.25) is 0 Å². The molecular weight excluding hydrogens is 342 g/mol. The van der Waals surface area contributed by atoms with Gasteiger partial charge in [0, 0.05) is 17.6 Å². The zero-order chi connectivity index (χ0) is 14.9. The lowest BCUT2D eigenvalue weighted by atomic mass is 10.1. The van der Waals surface area contributed by atoms with Crippen molar-refractivity contribution in [3.05, 3.63) is 27.2 Å². The quantitative estimate of drug-likeness (QED) is 0.896. The molecule has 1 heterocycles. The third-order valence-electron chi connectivity index (χ3n) is 3.60. The summed E-state index contributed by atoms with van der Waals surface area (Å²) in [6, 6.07) is 1.89. The summed E-state index contributed by atoms with van der Waals surface area (Å²) in [4.78, 5) is 0.368. The van der Waals surface area contributed by atoms with Crippen molar-refractivity contribution in [3.63, 3.8) is 0 Å². The van der Waals surface area contributed by atoms with Crippen LogP contribution in [0.4, 0.5) is 0 Å². The van der Waals surface area contributed by atoms with E-state index in [1.54, 1.807) is 0 Å². The van der Waals surface area contributed by atoms with Crippen LogP contribution in [0.15, 0.2) is 15.4 Å². The van der Waals surface area contributed by atoms with Gasteiger partial charge >= 0.3 is 0 Å². The van der Waals surface area contributed by atoms with Crippen LogP contribution < -0.4 is 4.72 Å². The molecule has 0 aliphatic carbocycles. The van der Waals surface area contributed by atoms with Gasteiger partial charge in [-0.15, -0.1) is 0 Å². The molecule has 0 radical (unpaired) electrons. The third-order valence-corrected chi connectivity index (χ3v) is 6.53. The Labute approximate surface area is 129 Å². The Morgan fingerprint density at radius 3 is 2.65 bits per heavy atom. The molecule has 0 saturated carbocycles. The lowest BCUT2D eigenvalue weighted by molar-refractivity contribution is 0.114. The van der Waals surface area contributed by atoms with E-state index >= 15 is 0 Å². The number of rotatable bonds is 4. The van der Waals surface area contributed by atoms with Gasteiger partial charge in [0.1, 0.15) is 0 Å². The number of hydrogen-bond acceptors (Lipinski definition) is 3. The van der Waals surface area contributed by atoms with E-state index in [4.69, 9.17) is 4.74 Å². The fraction of sp³-hybridized carbons (Fsp3) is 0.571. The first-order chi connectivity index (χ1) is 9.33. The Morgan fingerprint density at radius 2 is 2.05 bits per heavy atom. The molecule has 0 amide bonds. The summed E-state index contributed by atoms with van der Waals surface area (Å²) in [7, 11) is -3.51. The van der Waals surface area contributed by atoms with Gasteiger partial charge in [-0.25, -0.2) is 13.1 Å². The Hall–Kier alpha value is -0.430. The average Bonchev–Trinajstić information content (AvgIpc) is 2.86. The monoisotopic (exact) mass is 361 g/mol. The van der Waals surface area contributed by atoms with E-state index in [2.05, 4.69) is 20.7 Å². The largest absolute Gasteiger partial charge is 0.377 e. The molecule has 0 spiro atoms. The molecule has 1 aromatic carbocycles. The van der Waals surface area contributed by atoms with Crippen LogP contribution in [0.5, 0.6) is 0 Å². The van der Waals surface area contributed by atoms with Crippen molar-refractivity contribution < 1.29 is 13.2 Å². The average molecular weight is 362 g/mol. The molecule has 20 heavy (non-hydrogen) atoms. The molecule has 1 saturated heterocycles. The summed E-state index contributed by atoms with van der Waals surface area (Å²) >= 11 is 3.46. The fourth-order valence-electron chi connectivity index (χ4n) is 2.64. The highest BCUT2D eigenvalue weighted by molar-refractivity contribution is 9.10. The summed E-state index contributed by atoms with van der Waals surface area (Å²) < 4.78 is 34.0. The summed E-state index contributed by atoms with van der Waals surface area (Å²) in [5.74, 6) is 0. The first kappa shape index (κ1) is 15.9. The Balaban J connectivity index is 2.27. The first-order valence-electron chi connectivity index (χ1n) is 6.70. The number of hydrogen-bond donors (Lipinski definition) is 1. The van der Waals surface area contributed by atoms with Gasteiger partial charge in [0.25, 0.3) is 0 Å². The van der Waals surface area contributed by atoms with Crippen molar-refractivity contribution in [1.29, 1.82) is 0 Å². The zero-order valence-corrected chi connectivity index (χ0v) is 14.4. The highest BCUT2D eigenvalue weighted by Crippen LogP contribution is 2.30. The van der Waals surface area contributed by atoms with Crippen LogP contribution in [-0.4, -0.2) is 27.7 Å². The number of benzene rings is 1. The minimum atomic E-state index is -3.51. The summed E-state index contributed by atoms with van der Waals surface area (Å²) in [6.45, 7) is 6.67. The van der Waals surface area contributed by atoms with E-state index in [-0.39, 0.29) is 6.10 Å². The van der Waals surface area contributed by atoms with Gasteiger partial charge in [-0.3, -0.25) is 0 Å². The number of halogens is 1. The van der Waals surface area contributed by atoms with Crippen molar-refractivity contribution in [1.82, 2.24) is 4.72 Å². The first-order valence-corrected chi connectivity index (χ1v) is 8.98. The van der Waals surface area contributed by atoms with Gasteiger partial charge in [0.15, 0.2) is 0 Å². The van der Waals surface area contributed by atoms with Gasteiger partial charge in [0.2, 0.25) is 10.0 Å². The van der Waals surface area contributed by atoms with E-state index in [9.17, 15) is 8.42 Å². The van der Waals surface area contributed by atoms with Crippen LogP contribution in [0.3, 0.4) is 0 Å². The minimum absolute atomic E-state index is 0.000670. The maximum absolute atomic E-state index is 12.5. The zero-order valence-electron chi connectivity index (χ0n) is 12.0. The molecule has 4 nitrogen and oxygen atoms in total. The second-order valence-corrected chi connectivity index (χ2v) is 7.76. The molecule has 0 bridgehead atoms. The maximum atomic E-state index is 12.5. The number of nitrogens with one attached hydrogen (secondary N) is 1. The third kappa shape index (κ3) is 3.24. The van der Waals surface area contributed by atoms with Gasteiger partial charge in [-0.1, -0.05) is 22.0 Å². The number of aryl methyl sites for hydroxylation is 2. The Morgan fingerprint density at radius 1 is 1.35 bits per heavy atom. The normalized spacial score (nSPS) is 19.5. The van der Waals surface area contributed by atoms with E-state index in [1.165, 1.54) is 0 Å². The van der Waals surface area contributed by atoms with Gasteiger partial charge in [0.05, 0.1) is 11.0 Å². The Kier molecular flexibility index (Phi) is 4.89. The molecule has 0 unspecified atom stereocenters. The van der Waals surface area contributed by atoms with Crippen LogP contribution >= 0.6 is 15.9 Å². The van der Waals surface area contributed by atoms with Crippen LogP contribution in [0.25, 0.3) is 0 Å². The van der Waals surface area contributed by atoms with Crippen molar-refractivity contribution in [2.75, 3.05) is 13.2 Å². The van der Waals surface area contributed by atoms with E-state index in [1.807, 2.05) is 26.8 Å². The summed E-state index contributed by atoms with van der Waals surface area (Å²) in [5.41, 5.74) is 2.56. The second kappa shape index (κ2) is 6.13. The SMILES string of the molecule is Cc1cc(C)c(S(=O)(=O)NC[C@@H]2CCCO2)c(C)c1Br. The lowest BCUT2D eigenvalue weighted by Crippen LogP contribution is -2.32. The topological polar surface area (TPSA) is 55.4 Å². The fourth-order valence-corrected chi connectivity index (χ4v) is 4.62. The van der Waals surface area contributed by atoms with Crippen LogP contribution in [0.1, 0.15) is 29.5 Å². The van der Waals surface area contributed by atoms with Gasteiger partial charge in [-0.2, -0.15) is 0 Å². The van der Waals surface area contributed by atoms with Crippen molar-refractivity contribution >= 4 is 26.0 Å². The molecule has 1 aliphatic rings. The molecule has 1 N–H and O–H groups in total. The van der Waals surface area contributed by atoms with Crippen molar-refractivity contribution in [2.24, 2.45) is 0 Å². The molecular formula is C14H20BrNO3S. The van der Waals surface area contributed by atoms with Crippen molar-refractivity contribution in [2.45, 2.75) is 44.6 Å². The van der Waals surface area contributed by atoms with Gasteiger partial charge < -0.3 is 4.74 Å². The molecule has 1 aliphatic heterocycles. The lowest BCUT2D eigenvalue weighted by Gasteiger charge is -2.16. The predicted octanol–water partition coefficient (Wildman–Crippen LogP) is 2.83. The minimum Gasteiger partial charge on any atom is -0.377 e. The molecule has 6 heteroatoms. The van der Waals surface area contributed by atoms with Gasteiger partial charge in [-0.05, 0) is 50.3 Å². The maximum Gasteiger partial charge on any atom is 0.241 e. The number of ether oxygens (including phenoxy) is 1. The van der Waals surface area contributed by atoms with E-state index in [0.29, 0.717) is 11.4 Å². The van der Waals surface area contributed by atoms with Crippen molar-refractivity contribution in [3.8, 4) is 0 Å². The summed E-state index contributed by atoms with van der Waals surface area (Å²) in [6.07, 6.45) is 1.91. The summed E-state index contributed by atoms with van der Waals surface area (Å²) in [5, 5.41) is 0. The standard InChI is InChI=1S/C14H20BrNO3S/c1-9-7-10(2)14(11(3)13(9)15)20(17,18)16-8-12-5-4-6-19-12/h7,12,16H,4-6,8H2,1-3H3/t12-/m0/s1. The second-order valence-electron chi connectivity index (χ2n) is 5.27. The van der Waals surface area contributed by atoms with E-state index < -0.39 is 10.0 Å². The molecule has 1 aromatic rings. The Bertz CT molecular complexity index is 607. The predicted molar refractivity (Wildman–Crippen MR) is 82.5 cm³/mol. The molecule has 1 fully saturated rings. The molecule has 1 atom stereocenters. The van der Waals surface area contributed by atoms with E-state index in [0.717, 1.165) is 40.6 Å². The number of sulfonamides is 1.